The summed E-state index contributed by atoms with van der Waals surface area (Å²) in [5.41, 5.74) is 1.52. The van der Waals surface area contributed by atoms with E-state index in [4.69, 9.17) is 14.2 Å². The minimum Gasteiger partial charge on any atom is -0.489 e. The molecule has 3 rings (SSSR count). The normalized spacial score (nSPS) is 12.2. The highest BCUT2D eigenvalue weighted by Gasteiger charge is 2.12. The Morgan fingerprint density at radius 1 is 1.21 bits per heavy atom. The van der Waals surface area contributed by atoms with E-state index < -0.39 is 0 Å². The molecule has 1 N–H and O–H groups in total. The fourth-order valence-corrected chi connectivity index (χ4v) is 2.19. The van der Waals surface area contributed by atoms with Crippen LogP contribution in [0.3, 0.4) is 0 Å². The summed E-state index contributed by atoms with van der Waals surface area (Å²) in [5.74, 6) is 1.85. The van der Waals surface area contributed by atoms with Gasteiger partial charge in [0.15, 0.2) is 11.5 Å². The molecule has 1 aliphatic rings. The molecule has 1 heterocycles. The highest BCUT2D eigenvalue weighted by Crippen LogP contribution is 2.32. The van der Waals surface area contributed by atoms with Gasteiger partial charge < -0.3 is 19.5 Å². The molecule has 0 atom stereocenters. The second-order valence-electron chi connectivity index (χ2n) is 5.06. The predicted octanol–water partition coefficient (Wildman–Crippen LogP) is 3.63. The van der Waals surface area contributed by atoms with Crippen molar-refractivity contribution in [1.29, 1.82) is 0 Å². The Balaban J connectivity index is 1.62. The number of ether oxygens (including phenoxy) is 3. The van der Waals surface area contributed by atoms with Crippen molar-refractivity contribution in [3.63, 3.8) is 0 Å². The van der Waals surface area contributed by atoms with Gasteiger partial charge in [0.25, 0.3) is 0 Å². The maximum Gasteiger partial charge on any atom is 0.248 e. The van der Waals surface area contributed by atoms with Crippen LogP contribution >= 0.6 is 0 Å². The molecular weight excluding hydrogens is 306 g/mol. The highest BCUT2D eigenvalue weighted by molar-refractivity contribution is 6.02. The van der Waals surface area contributed by atoms with Gasteiger partial charge in [0.05, 0.1) is 0 Å². The van der Waals surface area contributed by atoms with Gasteiger partial charge in [-0.05, 0) is 35.9 Å². The first-order chi connectivity index (χ1) is 11.7. The Morgan fingerprint density at radius 2 is 2.08 bits per heavy atom. The van der Waals surface area contributed by atoms with Crippen LogP contribution in [0.15, 0.2) is 61.2 Å². The molecule has 24 heavy (non-hydrogen) atoms. The average molecular weight is 323 g/mol. The second kappa shape index (κ2) is 7.37. The van der Waals surface area contributed by atoms with Crippen LogP contribution in [0.5, 0.6) is 17.2 Å². The summed E-state index contributed by atoms with van der Waals surface area (Å²) in [4.78, 5) is 12.0. The van der Waals surface area contributed by atoms with Crippen molar-refractivity contribution in [2.24, 2.45) is 0 Å². The molecule has 0 aromatic heterocycles. The molecule has 0 saturated carbocycles. The van der Waals surface area contributed by atoms with E-state index in [2.05, 4.69) is 11.9 Å². The van der Waals surface area contributed by atoms with Crippen molar-refractivity contribution in [1.82, 2.24) is 0 Å². The van der Waals surface area contributed by atoms with Gasteiger partial charge >= 0.3 is 0 Å². The summed E-state index contributed by atoms with van der Waals surface area (Å²) in [5, 5.41) is 2.79. The zero-order chi connectivity index (χ0) is 16.8. The summed E-state index contributed by atoms with van der Waals surface area (Å²) in [6.07, 6.45) is 4.85. The first kappa shape index (κ1) is 15.7. The Kier molecular flexibility index (Phi) is 4.81. The molecular formula is C19H17NO4. The highest BCUT2D eigenvalue weighted by atomic mass is 16.7. The van der Waals surface area contributed by atoms with E-state index in [0.29, 0.717) is 29.5 Å². The molecule has 0 unspecified atom stereocenters. The van der Waals surface area contributed by atoms with Crippen LogP contribution in [0.4, 0.5) is 5.69 Å². The Morgan fingerprint density at radius 3 is 2.96 bits per heavy atom. The van der Waals surface area contributed by atoms with Gasteiger partial charge in [-0.3, -0.25) is 4.79 Å². The molecule has 2 aromatic carbocycles. The molecule has 0 radical (unpaired) electrons. The van der Waals surface area contributed by atoms with E-state index in [1.54, 1.807) is 24.3 Å². The number of benzene rings is 2. The third-order valence-corrected chi connectivity index (χ3v) is 3.29. The van der Waals surface area contributed by atoms with Crippen LogP contribution in [-0.4, -0.2) is 19.3 Å². The second-order valence-corrected chi connectivity index (χ2v) is 5.06. The van der Waals surface area contributed by atoms with Crippen LogP contribution in [0.1, 0.15) is 5.56 Å². The number of rotatable bonds is 6. The molecule has 5 heteroatoms. The van der Waals surface area contributed by atoms with Gasteiger partial charge in [0, 0.05) is 17.8 Å². The topological polar surface area (TPSA) is 56.8 Å². The Labute approximate surface area is 140 Å². The maximum atomic E-state index is 12.0. The number of fused-ring (bicyclic) bond motifs is 1. The third kappa shape index (κ3) is 3.95. The van der Waals surface area contributed by atoms with E-state index in [1.807, 2.05) is 30.3 Å². The van der Waals surface area contributed by atoms with Crippen LogP contribution in [0, 0.1) is 0 Å². The molecule has 122 valence electrons. The third-order valence-electron chi connectivity index (χ3n) is 3.29. The number of amides is 1. The van der Waals surface area contributed by atoms with Gasteiger partial charge in [-0.15, -0.1) is 0 Å². The zero-order valence-electron chi connectivity index (χ0n) is 13.0. The Bertz CT molecular complexity index is 783. The molecule has 1 aliphatic heterocycles. The van der Waals surface area contributed by atoms with Gasteiger partial charge in [-0.25, -0.2) is 0 Å². The number of carbonyl (C=O) groups is 1. The minimum absolute atomic E-state index is 0.228. The van der Waals surface area contributed by atoms with Crippen molar-refractivity contribution in [2.45, 2.75) is 0 Å². The largest absolute Gasteiger partial charge is 0.489 e. The van der Waals surface area contributed by atoms with Crippen LogP contribution in [-0.2, 0) is 4.79 Å². The molecule has 2 aromatic rings. The van der Waals surface area contributed by atoms with Crippen molar-refractivity contribution < 1.29 is 19.0 Å². The Hall–Kier alpha value is -3.21. The monoisotopic (exact) mass is 323 g/mol. The van der Waals surface area contributed by atoms with Crippen molar-refractivity contribution in [3.05, 3.63) is 66.8 Å². The SMILES string of the molecule is C=CCOc1cccc(NC(=O)/C=C/c2ccc3c(c2)OCO3)c1. The number of anilines is 1. The first-order valence-electron chi connectivity index (χ1n) is 7.47. The first-order valence-corrected chi connectivity index (χ1v) is 7.47. The lowest BCUT2D eigenvalue weighted by atomic mass is 10.2. The maximum absolute atomic E-state index is 12.0. The number of hydrogen-bond acceptors (Lipinski definition) is 4. The molecule has 0 aliphatic carbocycles. The van der Waals surface area contributed by atoms with E-state index in [-0.39, 0.29) is 12.7 Å². The van der Waals surface area contributed by atoms with Crippen molar-refractivity contribution >= 4 is 17.7 Å². The quantitative estimate of drug-likeness (QED) is 0.651. The average Bonchev–Trinajstić information content (AvgIpc) is 3.06. The lowest BCUT2D eigenvalue weighted by Crippen LogP contribution is -2.07. The molecule has 0 spiro atoms. The lowest BCUT2D eigenvalue weighted by molar-refractivity contribution is -0.111. The summed E-state index contributed by atoms with van der Waals surface area (Å²) < 4.78 is 16.0. The van der Waals surface area contributed by atoms with E-state index in [1.165, 1.54) is 6.08 Å². The lowest BCUT2D eigenvalue weighted by Gasteiger charge is -2.06. The molecule has 0 bridgehead atoms. The van der Waals surface area contributed by atoms with E-state index in [9.17, 15) is 4.79 Å². The van der Waals surface area contributed by atoms with Crippen molar-refractivity contribution in [3.8, 4) is 17.2 Å². The summed E-state index contributed by atoms with van der Waals surface area (Å²) in [6, 6.07) is 12.7. The molecule has 1 amide bonds. The number of hydrogen-bond donors (Lipinski definition) is 1. The minimum atomic E-state index is -0.228. The summed E-state index contributed by atoms with van der Waals surface area (Å²) >= 11 is 0. The van der Waals surface area contributed by atoms with Crippen LogP contribution < -0.4 is 19.5 Å². The molecule has 5 nitrogen and oxygen atoms in total. The van der Waals surface area contributed by atoms with Gasteiger partial charge in [0.2, 0.25) is 12.7 Å². The fourth-order valence-electron chi connectivity index (χ4n) is 2.19. The fraction of sp³-hybridized carbons (Fsp3) is 0.105. The number of carbonyl (C=O) groups excluding carboxylic acids is 1. The zero-order valence-corrected chi connectivity index (χ0v) is 13.0. The predicted molar refractivity (Wildman–Crippen MR) is 92.4 cm³/mol. The van der Waals surface area contributed by atoms with E-state index >= 15 is 0 Å². The van der Waals surface area contributed by atoms with Crippen LogP contribution in [0.25, 0.3) is 6.08 Å². The van der Waals surface area contributed by atoms with Crippen molar-refractivity contribution in [2.75, 3.05) is 18.7 Å². The molecule has 0 fully saturated rings. The molecule has 0 saturated heterocycles. The van der Waals surface area contributed by atoms with Crippen LogP contribution in [0.2, 0.25) is 0 Å². The van der Waals surface area contributed by atoms with Gasteiger partial charge in [0.1, 0.15) is 12.4 Å². The number of nitrogens with one attached hydrogen (secondary N) is 1. The van der Waals surface area contributed by atoms with Gasteiger partial charge in [-0.1, -0.05) is 24.8 Å². The smallest absolute Gasteiger partial charge is 0.248 e. The standard InChI is InChI=1S/C19H17NO4/c1-2-10-22-16-5-3-4-15(12-16)20-19(21)9-7-14-6-8-17-18(11-14)24-13-23-17/h2-9,11-12H,1,10,13H2,(H,20,21)/b9-7+. The summed E-state index contributed by atoms with van der Waals surface area (Å²) in [7, 11) is 0. The van der Waals surface area contributed by atoms with E-state index in [0.717, 1.165) is 5.56 Å². The summed E-state index contributed by atoms with van der Waals surface area (Å²) in [6.45, 7) is 4.25. The van der Waals surface area contributed by atoms with Gasteiger partial charge in [-0.2, -0.15) is 0 Å².